The molecule has 6 nitrogen and oxygen atoms in total. The number of rotatable bonds is 8. The molecule has 0 radical (unpaired) electrons. The first kappa shape index (κ1) is 23.0. The molecule has 0 unspecified atom stereocenters. The van der Waals surface area contributed by atoms with Crippen molar-refractivity contribution >= 4 is 17.7 Å². The number of methoxy groups -OCH3 is 1. The molecular weight excluding hydrogens is 473 g/mol. The second-order valence-corrected chi connectivity index (χ2v) is 10.4. The zero-order chi connectivity index (χ0) is 24.5. The van der Waals surface area contributed by atoms with Gasteiger partial charge in [-0.25, -0.2) is 19.3 Å². The van der Waals surface area contributed by atoms with E-state index >= 15 is 0 Å². The van der Waals surface area contributed by atoms with Gasteiger partial charge in [-0.05, 0) is 68.1 Å². The Morgan fingerprint density at radius 2 is 1.89 bits per heavy atom. The summed E-state index contributed by atoms with van der Waals surface area (Å²) in [4.78, 5) is 15.6. The Kier molecular flexibility index (Phi) is 6.35. The molecule has 36 heavy (non-hydrogen) atoms. The van der Waals surface area contributed by atoms with Gasteiger partial charge in [0.2, 0.25) is 5.95 Å². The number of ether oxygens (including phenoxy) is 1. The number of nitrogens with zero attached hydrogens (tertiary/aromatic N) is 4. The molecule has 184 valence electrons. The zero-order valence-electron chi connectivity index (χ0n) is 20.2. The Hall–Kier alpha value is -3.39. The van der Waals surface area contributed by atoms with Crippen LogP contribution in [0.5, 0.6) is 5.75 Å². The molecule has 2 aromatic heterocycles. The van der Waals surface area contributed by atoms with Gasteiger partial charge in [-0.15, -0.1) is 11.8 Å². The first-order valence-electron chi connectivity index (χ1n) is 12.4. The van der Waals surface area contributed by atoms with Gasteiger partial charge in [-0.3, -0.25) is 0 Å². The highest BCUT2D eigenvalue weighted by atomic mass is 32.2. The first-order valence-corrected chi connectivity index (χ1v) is 13.4. The monoisotopic (exact) mass is 501 g/mol. The maximum Gasteiger partial charge on any atom is 0.223 e. The highest BCUT2D eigenvalue weighted by Crippen LogP contribution is 2.42. The van der Waals surface area contributed by atoms with Crippen LogP contribution in [-0.4, -0.2) is 38.4 Å². The summed E-state index contributed by atoms with van der Waals surface area (Å²) in [6, 6.07) is 17.3. The molecule has 0 bridgehead atoms. The predicted molar refractivity (Wildman–Crippen MR) is 141 cm³/mol. The van der Waals surface area contributed by atoms with Crippen molar-refractivity contribution in [1.29, 1.82) is 0 Å². The maximum atomic E-state index is 13.7. The van der Waals surface area contributed by atoms with Crippen molar-refractivity contribution in [3.05, 3.63) is 72.4 Å². The molecule has 2 aliphatic rings. The van der Waals surface area contributed by atoms with Crippen molar-refractivity contribution in [2.24, 2.45) is 0 Å². The summed E-state index contributed by atoms with van der Waals surface area (Å²) < 4.78 is 21.6. The van der Waals surface area contributed by atoms with E-state index in [1.807, 2.05) is 30.5 Å². The summed E-state index contributed by atoms with van der Waals surface area (Å²) in [7, 11) is 1.71. The van der Waals surface area contributed by atoms with Crippen molar-refractivity contribution in [3.63, 3.8) is 0 Å². The summed E-state index contributed by atoms with van der Waals surface area (Å²) >= 11 is 1.80. The average Bonchev–Trinajstić information content (AvgIpc) is 3.45. The molecule has 0 saturated heterocycles. The number of hydrogen-bond donors (Lipinski definition) is 1. The van der Waals surface area contributed by atoms with Crippen molar-refractivity contribution in [1.82, 2.24) is 19.5 Å². The lowest BCUT2D eigenvalue weighted by atomic mass is 9.93. The van der Waals surface area contributed by atoms with Crippen LogP contribution < -0.4 is 10.1 Å². The van der Waals surface area contributed by atoms with E-state index in [0.717, 1.165) is 70.6 Å². The standard InChI is InChI=1S/C28H28FN5OS/c1-35-23-7-2-3-8-24(23)36-17-21-13-14-25-33-26(18-9-11-19(29)12-10-18)27(34(21)25)22-15-16-30-28(32-22)31-20-5-4-6-20/h2-3,7-12,15-16,20-21H,4-6,13-14,17H2,1H3,(H,30,31,32)/t21-/m0/s1. The van der Waals surface area contributed by atoms with Gasteiger partial charge in [0, 0.05) is 40.9 Å². The summed E-state index contributed by atoms with van der Waals surface area (Å²) in [5.74, 6) is 3.21. The molecule has 6 rings (SSSR count). The van der Waals surface area contributed by atoms with Crippen molar-refractivity contribution in [2.45, 2.75) is 49.1 Å². The fourth-order valence-corrected chi connectivity index (χ4v) is 6.06. The summed E-state index contributed by atoms with van der Waals surface area (Å²) in [5.41, 5.74) is 3.53. The van der Waals surface area contributed by atoms with Gasteiger partial charge in [0.05, 0.1) is 24.2 Å². The van der Waals surface area contributed by atoms with E-state index in [4.69, 9.17) is 14.7 Å². The number of thioether (sulfide) groups is 1. The molecule has 2 aromatic carbocycles. The first-order chi connectivity index (χ1) is 17.7. The number of halogens is 1. The summed E-state index contributed by atoms with van der Waals surface area (Å²) in [6.45, 7) is 0. The highest BCUT2D eigenvalue weighted by molar-refractivity contribution is 7.99. The number of hydrogen-bond acceptors (Lipinski definition) is 6. The molecular formula is C28H28FN5OS. The lowest BCUT2D eigenvalue weighted by Crippen LogP contribution is -2.28. The molecule has 8 heteroatoms. The smallest absolute Gasteiger partial charge is 0.223 e. The van der Waals surface area contributed by atoms with E-state index in [-0.39, 0.29) is 11.9 Å². The van der Waals surface area contributed by atoms with Gasteiger partial charge in [-0.2, -0.15) is 0 Å². The van der Waals surface area contributed by atoms with Gasteiger partial charge < -0.3 is 14.6 Å². The Labute approximate surface area is 214 Å². The van der Waals surface area contributed by atoms with Crippen LogP contribution in [0.15, 0.2) is 65.7 Å². The van der Waals surface area contributed by atoms with Crippen LogP contribution in [0, 0.1) is 5.82 Å². The largest absolute Gasteiger partial charge is 0.496 e. The second kappa shape index (κ2) is 9.93. The van der Waals surface area contributed by atoms with Crippen molar-refractivity contribution in [2.75, 3.05) is 18.2 Å². The van der Waals surface area contributed by atoms with Crippen LogP contribution in [-0.2, 0) is 6.42 Å². The van der Waals surface area contributed by atoms with E-state index in [9.17, 15) is 4.39 Å². The number of benzene rings is 2. The molecule has 1 saturated carbocycles. The normalized spacial score (nSPS) is 17.0. The van der Waals surface area contributed by atoms with E-state index in [0.29, 0.717) is 12.0 Å². The second-order valence-electron chi connectivity index (χ2n) is 9.29. The number of anilines is 1. The number of imidazole rings is 1. The van der Waals surface area contributed by atoms with Crippen LogP contribution in [0.1, 0.15) is 37.5 Å². The van der Waals surface area contributed by atoms with Crippen LogP contribution in [0.4, 0.5) is 10.3 Å². The Bertz CT molecular complexity index is 1370. The Balaban J connectivity index is 1.38. The fourth-order valence-electron chi connectivity index (χ4n) is 4.90. The Morgan fingerprint density at radius 1 is 1.06 bits per heavy atom. The zero-order valence-corrected chi connectivity index (χ0v) is 21.0. The van der Waals surface area contributed by atoms with Crippen molar-refractivity contribution < 1.29 is 9.13 Å². The summed E-state index contributed by atoms with van der Waals surface area (Å²) in [5, 5.41) is 3.47. The fraction of sp³-hybridized carbons (Fsp3) is 0.321. The molecule has 0 amide bonds. The van der Waals surface area contributed by atoms with Crippen molar-refractivity contribution in [3.8, 4) is 28.4 Å². The van der Waals surface area contributed by atoms with Crippen LogP contribution in [0.2, 0.25) is 0 Å². The molecule has 1 N–H and O–H groups in total. The van der Waals surface area contributed by atoms with Gasteiger partial charge in [0.15, 0.2) is 0 Å². The highest BCUT2D eigenvalue weighted by Gasteiger charge is 2.31. The van der Waals surface area contributed by atoms with Gasteiger partial charge in [-0.1, -0.05) is 12.1 Å². The number of fused-ring (bicyclic) bond motifs is 1. The number of aryl methyl sites for hydroxylation is 1. The Morgan fingerprint density at radius 3 is 2.67 bits per heavy atom. The molecule has 1 aliphatic carbocycles. The van der Waals surface area contributed by atoms with Crippen LogP contribution in [0.3, 0.4) is 0 Å². The lowest BCUT2D eigenvalue weighted by Gasteiger charge is -2.26. The number of aromatic nitrogens is 4. The topological polar surface area (TPSA) is 64.9 Å². The van der Waals surface area contributed by atoms with E-state index in [1.54, 1.807) is 31.0 Å². The molecule has 0 spiro atoms. The molecule has 4 aromatic rings. The lowest BCUT2D eigenvalue weighted by molar-refractivity contribution is 0.404. The third-order valence-corrected chi connectivity index (χ3v) is 8.20. The SMILES string of the molecule is COc1ccccc1SC[C@@H]1CCc2nc(-c3ccc(F)cc3)c(-c3ccnc(NC4CCC4)n3)n21. The number of nitrogens with one attached hydrogen (secondary N) is 1. The molecule has 1 atom stereocenters. The average molecular weight is 502 g/mol. The molecule has 1 aliphatic heterocycles. The van der Waals surface area contributed by atoms with E-state index in [1.165, 1.54) is 18.6 Å². The third kappa shape index (κ3) is 4.46. The van der Waals surface area contributed by atoms with E-state index in [2.05, 4.69) is 20.9 Å². The molecule has 3 heterocycles. The van der Waals surface area contributed by atoms with Gasteiger partial charge in [0.1, 0.15) is 17.4 Å². The quantitative estimate of drug-likeness (QED) is 0.282. The minimum Gasteiger partial charge on any atom is -0.496 e. The van der Waals surface area contributed by atoms with E-state index < -0.39 is 0 Å². The van der Waals surface area contributed by atoms with Gasteiger partial charge >= 0.3 is 0 Å². The minimum absolute atomic E-state index is 0.254. The predicted octanol–water partition coefficient (Wildman–Crippen LogP) is 6.40. The van der Waals surface area contributed by atoms with Gasteiger partial charge in [0.25, 0.3) is 0 Å². The maximum absolute atomic E-state index is 13.7. The summed E-state index contributed by atoms with van der Waals surface area (Å²) in [6.07, 6.45) is 7.26. The number of para-hydroxylation sites is 1. The van der Waals surface area contributed by atoms with Crippen LogP contribution >= 0.6 is 11.8 Å². The third-order valence-electron chi connectivity index (χ3n) is 7.01. The molecule has 1 fully saturated rings. The minimum atomic E-state index is -0.257. The van der Waals surface area contributed by atoms with Crippen LogP contribution in [0.25, 0.3) is 22.6 Å².